The topological polar surface area (TPSA) is 115 Å². The number of benzene rings is 3. The minimum Gasteiger partial charge on any atom is -0.486 e. The molecule has 41 heavy (non-hydrogen) atoms. The lowest BCUT2D eigenvalue weighted by atomic mass is 9.84. The zero-order chi connectivity index (χ0) is 28.5. The average Bonchev–Trinajstić information content (AvgIpc) is 3.78. The van der Waals surface area contributed by atoms with Crippen LogP contribution in [0.3, 0.4) is 0 Å². The summed E-state index contributed by atoms with van der Waals surface area (Å²) >= 11 is 0. The van der Waals surface area contributed by atoms with Crippen LogP contribution in [0.4, 0.5) is 4.39 Å². The van der Waals surface area contributed by atoms with Gasteiger partial charge >= 0.3 is 0 Å². The molecule has 0 spiro atoms. The number of hydrogen-bond donors (Lipinski definition) is 2. The van der Waals surface area contributed by atoms with Crippen molar-refractivity contribution < 1.29 is 23.5 Å². The van der Waals surface area contributed by atoms with Gasteiger partial charge in [0.2, 0.25) is 18.2 Å². The molecule has 9 heteroatoms. The van der Waals surface area contributed by atoms with Crippen LogP contribution in [0.2, 0.25) is 0 Å². The van der Waals surface area contributed by atoms with Crippen LogP contribution in [0.1, 0.15) is 23.5 Å². The van der Waals surface area contributed by atoms with Gasteiger partial charge in [-0.15, -0.1) is 0 Å². The largest absolute Gasteiger partial charge is 0.486 e. The third-order valence-corrected chi connectivity index (χ3v) is 8.07. The number of halogens is 1. The Labute approximate surface area is 236 Å². The van der Waals surface area contributed by atoms with Crippen molar-refractivity contribution in [1.82, 2.24) is 15.2 Å². The number of ether oxygens (including phenoxy) is 1. The Balaban J connectivity index is 1.28. The fourth-order valence-corrected chi connectivity index (χ4v) is 5.94. The Morgan fingerprint density at radius 2 is 1.90 bits per heavy atom. The predicted octanol–water partition coefficient (Wildman–Crippen LogP) is 3.78. The maximum Gasteiger partial charge on any atom is 0.239 e. The van der Waals surface area contributed by atoms with E-state index in [0.717, 1.165) is 27.7 Å². The first-order valence-corrected chi connectivity index (χ1v) is 13.6. The zero-order valence-electron chi connectivity index (χ0n) is 22.2. The van der Waals surface area contributed by atoms with Gasteiger partial charge in [-0.25, -0.2) is 9.37 Å². The summed E-state index contributed by atoms with van der Waals surface area (Å²) in [5.41, 5.74) is 9.65. The van der Waals surface area contributed by atoms with E-state index in [0.29, 0.717) is 18.4 Å². The van der Waals surface area contributed by atoms with E-state index in [1.807, 2.05) is 60.7 Å². The van der Waals surface area contributed by atoms with Crippen LogP contribution in [0, 0.1) is 17.7 Å². The molecular formula is C32H29FN4O4. The van der Waals surface area contributed by atoms with Crippen LogP contribution < -0.4 is 15.8 Å². The van der Waals surface area contributed by atoms with Gasteiger partial charge in [-0.2, -0.15) is 0 Å². The lowest BCUT2D eigenvalue weighted by molar-refractivity contribution is -0.133. The minimum absolute atomic E-state index is 0.0843. The lowest BCUT2D eigenvalue weighted by Crippen LogP contribution is -2.56. The number of piperazine rings is 1. The molecule has 1 aliphatic carbocycles. The summed E-state index contributed by atoms with van der Waals surface area (Å²) in [5.74, 6) is -2.03. The van der Waals surface area contributed by atoms with E-state index in [2.05, 4.69) is 5.32 Å². The van der Waals surface area contributed by atoms with Crippen LogP contribution in [-0.2, 0) is 21.0 Å². The predicted molar refractivity (Wildman–Crippen MR) is 151 cm³/mol. The molecule has 2 heterocycles. The number of carbonyl (C=O) groups is 3. The molecule has 1 saturated heterocycles. The number of amides is 3. The van der Waals surface area contributed by atoms with E-state index >= 15 is 4.39 Å². The molecule has 3 N–H and O–H groups in total. The highest BCUT2D eigenvalue weighted by Gasteiger charge is 2.51. The number of fused-ring (bicyclic) bond motifs is 1. The number of para-hydroxylation sites is 1. The lowest BCUT2D eigenvalue weighted by Gasteiger charge is -2.38. The van der Waals surface area contributed by atoms with Crippen molar-refractivity contribution in [2.24, 2.45) is 17.6 Å². The first kappa shape index (κ1) is 26.4. The van der Waals surface area contributed by atoms with Gasteiger partial charge in [0.15, 0.2) is 11.6 Å². The first-order valence-electron chi connectivity index (χ1n) is 13.6. The maximum atomic E-state index is 15.5. The van der Waals surface area contributed by atoms with Crippen molar-refractivity contribution >= 4 is 29.1 Å². The third kappa shape index (κ3) is 5.35. The number of rotatable bonds is 9. The average molecular weight is 553 g/mol. The molecule has 0 radical (unpaired) electrons. The summed E-state index contributed by atoms with van der Waals surface area (Å²) in [7, 11) is 0. The molecule has 208 valence electrons. The number of nitrogens with one attached hydrogen (secondary N) is 1. The van der Waals surface area contributed by atoms with Crippen LogP contribution >= 0.6 is 0 Å². The van der Waals surface area contributed by atoms with E-state index in [9.17, 15) is 14.4 Å². The number of nitrogens with zero attached hydrogens (tertiary/aromatic N) is 2. The van der Waals surface area contributed by atoms with Crippen LogP contribution in [-0.4, -0.2) is 47.2 Å². The minimum atomic E-state index is -0.553. The second-order valence-electron chi connectivity index (χ2n) is 10.6. The molecular weight excluding hydrogens is 523 g/mol. The Kier molecular flexibility index (Phi) is 7.09. The zero-order valence-corrected chi connectivity index (χ0v) is 22.2. The summed E-state index contributed by atoms with van der Waals surface area (Å²) in [6.45, 7) is 0.249. The van der Waals surface area contributed by atoms with Gasteiger partial charge in [0.25, 0.3) is 0 Å². The first-order chi connectivity index (χ1) is 19.9. The van der Waals surface area contributed by atoms with Gasteiger partial charge in [0, 0.05) is 34.9 Å². The number of primary amides is 1. The standard InChI is InChI=1S/C32H29FN4O4/c33-25-12-20(31(23-14-24(23)32(34)40)28-15-35-30(39)16-37(28)18-38)10-11-29(25)41-17-21-13-27(19-6-2-1-3-7-19)36-26-9-5-4-8-22(21)26/h1-13,18,23-24,28,31H,14-17H2,(H2,34,40)(H,35,39)/t23-,24+,28?,31?/m1/s1. The number of nitrogens with two attached hydrogens (primary N) is 1. The highest BCUT2D eigenvalue weighted by molar-refractivity contribution is 5.85. The van der Waals surface area contributed by atoms with E-state index < -0.39 is 17.8 Å². The van der Waals surface area contributed by atoms with Gasteiger partial charge in [0.1, 0.15) is 6.61 Å². The number of aromatic nitrogens is 1. The quantitative estimate of drug-likeness (QED) is 0.307. The van der Waals surface area contributed by atoms with E-state index in [-0.39, 0.29) is 49.1 Å². The van der Waals surface area contributed by atoms with Gasteiger partial charge in [-0.1, -0.05) is 54.6 Å². The van der Waals surface area contributed by atoms with Crippen molar-refractivity contribution in [2.45, 2.75) is 25.0 Å². The molecule has 0 bridgehead atoms. The molecule has 3 amide bonds. The fourth-order valence-electron chi connectivity index (χ4n) is 5.94. The Bertz CT molecular complexity index is 1630. The van der Waals surface area contributed by atoms with Crippen molar-refractivity contribution in [2.75, 3.05) is 13.1 Å². The van der Waals surface area contributed by atoms with Crippen molar-refractivity contribution in [3.63, 3.8) is 0 Å². The van der Waals surface area contributed by atoms with Gasteiger partial charge in [-0.05, 0) is 42.2 Å². The molecule has 2 unspecified atom stereocenters. The van der Waals surface area contributed by atoms with Gasteiger partial charge < -0.3 is 20.7 Å². The van der Waals surface area contributed by atoms with Gasteiger partial charge in [0.05, 0.1) is 23.8 Å². The molecule has 8 nitrogen and oxygen atoms in total. The van der Waals surface area contributed by atoms with E-state index in [1.165, 1.54) is 11.0 Å². The Morgan fingerprint density at radius 1 is 1.12 bits per heavy atom. The van der Waals surface area contributed by atoms with Crippen LogP contribution in [0.15, 0.2) is 78.9 Å². The molecule has 1 saturated carbocycles. The number of hydrogen-bond acceptors (Lipinski definition) is 5. The highest BCUT2D eigenvalue weighted by atomic mass is 19.1. The summed E-state index contributed by atoms with van der Waals surface area (Å²) in [4.78, 5) is 41.8. The van der Waals surface area contributed by atoms with Crippen molar-refractivity contribution in [1.29, 1.82) is 0 Å². The third-order valence-electron chi connectivity index (χ3n) is 8.07. The second-order valence-corrected chi connectivity index (χ2v) is 10.6. The Morgan fingerprint density at radius 3 is 2.63 bits per heavy atom. The highest BCUT2D eigenvalue weighted by Crippen LogP contribution is 2.51. The van der Waals surface area contributed by atoms with E-state index in [1.54, 1.807) is 12.1 Å². The summed E-state index contributed by atoms with van der Waals surface area (Å²) in [5, 5.41) is 3.71. The SMILES string of the molecule is NC(=O)[C@H]1C[C@H]1C(c1ccc(OCc2cc(-c3ccccc3)nc3ccccc23)c(F)c1)C1CNC(=O)CN1C=O. The summed E-state index contributed by atoms with van der Waals surface area (Å²) in [6, 6.07) is 23.9. The molecule has 2 fully saturated rings. The van der Waals surface area contributed by atoms with Crippen LogP contribution in [0.5, 0.6) is 5.75 Å². The number of carbonyl (C=O) groups excluding carboxylic acids is 3. The fraction of sp³-hybridized carbons (Fsp3) is 0.250. The van der Waals surface area contributed by atoms with Gasteiger partial charge in [-0.3, -0.25) is 14.4 Å². The number of pyridine rings is 1. The molecule has 1 aromatic heterocycles. The van der Waals surface area contributed by atoms with Crippen molar-refractivity contribution in [3.8, 4) is 17.0 Å². The van der Waals surface area contributed by atoms with Crippen LogP contribution in [0.25, 0.3) is 22.2 Å². The smallest absolute Gasteiger partial charge is 0.239 e. The molecule has 4 aromatic rings. The van der Waals surface area contributed by atoms with Crippen molar-refractivity contribution in [3.05, 3.63) is 95.8 Å². The normalized spacial score (nSPS) is 20.8. The summed E-state index contributed by atoms with van der Waals surface area (Å²) < 4.78 is 21.5. The Hall–Kier alpha value is -4.79. The second kappa shape index (κ2) is 11.0. The maximum absolute atomic E-state index is 15.5. The molecule has 3 aromatic carbocycles. The summed E-state index contributed by atoms with van der Waals surface area (Å²) in [6.07, 6.45) is 1.19. The monoisotopic (exact) mass is 552 g/mol. The van der Waals surface area contributed by atoms with E-state index in [4.69, 9.17) is 15.5 Å². The molecule has 1 aliphatic heterocycles. The molecule has 6 rings (SSSR count). The molecule has 2 aliphatic rings. The molecule has 4 atom stereocenters.